The number of carbonyl (C=O) groups excluding carboxylic acids is 1. The summed E-state index contributed by atoms with van der Waals surface area (Å²) in [4.78, 5) is 26.7. The first-order valence-electron chi connectivity index (χ1n) is 10.7. The molecule has 0 bridgehead atoms. The summed E-state index contributed by atoms with van der Waals surface area (Å²) >= 11 is 0. The van der Waals surface area contributed by atoms with Crippen molar-refractivity contribution in [1.29, 1.82) is 0 Å². The van der Waals surface area contributed by atoms with E-state index in [0.29, 0.717) is 17.8 Å². The first kappa shape index (κ1) is 20.8. The Morgan fingerprint density at radius 3 is 2.45 bits per heavy atom. The number of hydrogen-bond donors (Lipinski definition) is 0. The Hall–Kier alpha value is -4.07. The van der Waals surface area contributed by atoms with Gasteiger partial charge in [0.2, 0.25) is 11.3 Å². The van der Waals surface area contributed by atoms with E-state index in [9.17, 15) is 9.59 Å². The minimum Gasteiger partial charge on any atom is -0.307 e. The lowest BCUT2D eigenvalue weighted by Gasteiger charge is -2.31. The van der Waals surface area contributed by atoms with Crippen molar-refractivity contribution in [3.63, 3.8) is 0 Å². The van der Waals surface area contributed by atoms with Crippen LogP contribution in [-0.4, -0.2) is 31.0 Å². The van der Waals surface area contributed by atoms with Gasteiger partial charge in [-0.1, -0.05) is 18.2 Å². The quantitative estimate of drug-likeness (QED) is 0.475. The van der Waals surface area contributed by atoms with Crippen LogP contribution in [0.15, 0.2) is 77.9 Å². The van der Waals surface area contributed by atoms with Crippen molar-refractivity contribution in [1.82, 2.24) is 19.6 Å². The normalized spacial score (nSPS) is 15.2. The van der Waals surface area contributed by atoms with Crippen molar-refractivity contribution in [3.05, 3.63) is 89.1 Å². The number of halogens is 1. The molecule has 2 aromatic carbocycles. The lowest BCUT2D eigenvalue weighted by atomic mass is 10.0. The molecule has 0 unspecified atom stereocenters. The van der Waals surface area contributed by atoms with Gasteiger partial charge in [-0.3, -0.25) is 9.59 Å². The van der Waals surface area contributed by atoms with E-state index in [4.69, 9.17) is 0 Å². The average molecular weight is 443 g/mol. The number of hydrogen-bond acceptors (Lipinski definition) is 4. The molecule has 0 radical (unpaired) electrons. The number of para-hydroxylation sites is 1. The molecule has 8 heteroatoms. The van der Waals surface area contributed by atoms with Crippen LogP contribution >= 0.6 is 0 Å². The van der Waals surface area contributed by atoms with E-state index in [1.54, 1.807) is 34.0 Å². The number of anilines is 1. The van der Waals surface area contributed by atoms with Gasteiger partial charge in [-0.05, 0) is 56.7 Å². The van der Waals surface area contributed by atoms with Crippen LogP contribution in [0.1, 0.15) is 26.7 Å². The van der Waals surface area contributed by atoms with E-state index in [1.807, 2.05) is 44.2 Å². The van der Waals surface area contributed by atoms with Crippen molar-refractivity contribution in [2.75, 3.05) is 4.90 Å². The van der Waals surface area contributed by atoms with Gasteiger partial charge in [-0.25, -0.2) is 13.8 Å². The van der Waals surface area contributed by atoms with Crippen molar-refractivity contribution in [2.45, 2.75) is 32.2 Å². The first-order valence-corrected chi connectivity index (χ1v) is 10.7. The van der Waals surface area contributed by atoms with Gasteiger partial charge in [0.05, 0.1) is 17.6 Å². The molecule has 4 aromatic rings. The topological polar surface area (TPSA) is 73.0 Å². The molecule has 1 aliphatic heterocycles. The van der Waals surface area contributed by atoms with E-state index in [0.717, 1.165) is 12.1 Å². The maximum absolute atomic E-state index is 15.2. The summed E-state index contributed by atoms with van der Waals surface area (Å²) in [6, 6.07) is 17.1. The van der Waals surface area contributed by atoms with Gasteiger partial charge in [0, 0.05) is 29.9 Å². The number of carbonyl (C=O) groups is 1. The lowest BCUT2D eigenvalue weighted by molar-refractivity contribution is -0.117. The second-order valence-electron chi connectivity index (χ2n) is 8.61. The molecular formula is C25H22FN5O2. The second-order valence-corrected chi connectivity index (χ2v) is 8.61. The molecule has 33 heavy (non-hydrogen) atoms. The molecule has 1 fully saturated rings. The number of nitrogens with zero attached hydrogens (tertiary/aromatic N) is 5. The Kier molecular flexibility index (Phi) is 4.92. The smallest absolute Gasteiger partial charge is 0.227 e. The Balaban J connectivity index is 1.56. The monoisotopic (exact) mass is 443 g/mol. The third kappa shape index (κ3) is 3.63. The Bertz CT molecular complexity index is 1410. The van der Waals surface area contributed by atoms with Crippen LogP contribution in [0.3, 0.4) is 0 Å². The minimum absolute atomic E-state index is 0.0231. The van der Waals surface area contributed by atoms with Gasteiger partial charge >= 0.3 is 0 Å². The maximum Gasteiger partial charge on any atom is 0.227 e. The van der Waals surface area contributed by atoms with Crippen LogP contribution in [0.4, 0.5) is 10.1 Å². The zero-order valence-electron chi connectivity index (χ0n) is 18.3. The number of amides is 1. The molecule has 0 N–H and O–H groups in total. The zero-order valence-corrected chi connectivity index (χ0v) is 18.3. The Morgan fingerprint density at radius 2 is 1.76 bits per heavy atom. The van der Waals surface area contributed by atoms with Crippen molar-refractivity contribution in [2.24, 2.45) is 0 Å². The average Bonchev–Trinajstić information content (AvgIpc) is 3.39. The third-order valence-corrected chi connectivity index (χ3v) is 5.94. The molecule has 0 atom stereocenters. The molecule has 0 aliphatic carbocycles. The summed E-state index contributed by atoms with van der Waals surface area (Å²) in [5.74, 6) is -0.563. The summed E-state index contributed by atoms with van der Waals surface area (Å²) in [7, 11) is 0. The molecule has 1 amide bonds. The van der Waals surface area contributed by atoms with Crippen LogP contribution < -0.4 is 10.3 Å². The molecule has 7 nitrogen and oxygen atoms in total. The largest absolute Gasteiger partial charge is 0.307 e. The molecule has 2 aromatic heterocycles. The second kappa shape index (κ2) is 7.81. The summed E-state index contributed by atoms with van der Waals surface area (Å²) in [6.07, 6.45) is 4.17. The van der Waals surface area contributed by atoms with Crippen molar-refractivity contribution >= 4 is 11.6 Å². The fourth-order valence-electron chi connectivity index (χ4n) is 4.26. The highest BCUT2D eigenvalue weighted by atomic mass is 19.1. The van der Waals surface area contributed by atoms with Gasteiger partial charge in [0.25, 0.3) is 0 Å². The fraction of sp³-hybridized carbons (Fsp3) is 0.200. The van der Waals surface area contributed by atoms with E-state index in [-0.39, 0.29) is 28.3 Å². The molecule has 1 saturated heterocycles. The molecule has 3 heterocycles. The molecule has 1 aliphatic rings. The molecule has 0 spiro atoms. The standard InChI is InChI=1S/C25H22FN5O2/c1-25(2)13-10-23(33)30(25)18-8-9-20(19(26)16-18)29-15-12-22(32)24(28-29)21-11-14-27-31(21)17-6-4-3-5-7-17/h3-9,11-12,14-16H,10,13H2,1-2H3. The van der Waals surface area contributed by atoms with Crippen LogP contribution in [0.2, 0.25) is 0 Å². The Labute approximate surface area is 189 Å². The highest BCUT2D eigenvalue weighted by molar-refractivity contribution is 5.97. The highest BCUT2D eigenvalue weighted by Crippen LogP contribution is 2.35. The predicted molar refractivity (Wildman–Crippen MR) is 123 cm³/mol. The van der Waals surface area contributed by atoms with Crippen LogP contribution in [0, 0.1) is 5.82 Å². The molecule has 166 valence electrons. The van der Waals surface area contributed by atoms with E-state index >= 15 is 4.39 Å². The lowest BCUT2D eigenvalue weighted by Crippen LogP contribution is -2.40. The minimum atomic E-state index is -0.540. The number of benzene rings is 2. The first-order chi connectivity index (χ1) is 15.8. The SMILES string of the molecule is CC1(C)CCC(=O)N1c1ccc(-n2ccc(=O)c(-c3ccnn3-c3ccccc3)n2)c(F)c1. The van der Waals surface area contributed by atoms with E-state index in [1.165, 1.54) is 23.0 Å². The van der Waals surface area contributed by atoms with Crippen LogP contribution in [0.25, 0.3) is 22.8 Å². The highest BCUT2D eigenvalue weighted by Gasteiger charge is 2.38. The molecular weight excluding hydrogens is 421 g/mol. The molecule has 5 rings (SSSR count). The fourth-order valence-corrected chi connectivity index (χ4v) is 4.26. The van der Waals surface area contributed by atoms with Gasteiger partial charge in [-0.2, -0.15) is 10.2 Å². The van der Waals surface area contributed by atoms with Gasteiger partial charge in [0.1, 0.15) is 5.69 Å². The maximum atomic E-state index is 15.2. The Morgan fingerprint density at radius 1 is 0.970 bits per heavy atom. The number of rotatable bonds is 4. The summed E-state index contributed by atoms with van der Waals surface area (Å²) in [6.45, 7) is 3.93. The van der Waals surface area contributed by atoms with Crippen molar-refractivity contribution in [3.8, 4) is 22.8 Å². The zero-order chi connectivity index (χ0) is 23.2. The summed E-state index contributed by atoms with van der Waals surface area (Å²) in [5.41, 5.74) is 1.44. The van der Waals surface area contributed by atoms with Crippen LogP contribution in [0.5, 0.6) is 0 Å². The van der Waals surface area contributed by atoms with Gasteiger partial charge < -0.3 is 4.90 Å². The molecule has 0 saturated carbocycles. The van der Waals surface area contributed by atoms with Crippen molar-refractivity contribution < 1.29 is 9.18 Å². The van der Waals surface area contributed by atoms with Gasteiger partial charge in [0.15, 0.2) is 11.5 Å². The van der Waals surface area contributed by atoms with Crippen LogP contribution in [-0.2, 0) is 4.79 Å². The number of aromatic nitrogens is 4. The summed E-state index contributed by atoms with van der Waals surface area (Å²) < 4.78 is 18.1. The van der Waals surface area contributed by atoms with E-state index < -0.39 is 5.82 Å². The third-order valence-electron chi connectivity index (χ3n) is 5.94. The van der Waals surface area contributed by atoms with Gasteiger partial charge in [-0.15, -0.1) is 0 Å². The van der Waals surface area contributed by atoms with E-state index in [2.05, 4.69) is 10.2 Å². The summed E-state index contributed by atoms with van der Waals surface area (Å²) in [5, 5.41) is 8.74. The predicted octanol–water partition coefficient (Wildman–Crippen LogP) is 4.13.